The van der Waals surface area contributed by atoms with Crippen molar-refractivity contribution in [3.8, 4) is 0 Å². The van der Waals surface area contributed by atoms with Gasteiger partial charge in [-0.1, -0.05) is 30.3 Å². The first-order valence-electron chi connectivity index (χ1n) is 4.75. The summed E-state index contributed by atoms with van der Waals surface area (Å²) in [5.74, 6) is -0.0416. The Labute approximate surface area is 83.1 Å². The lowest BCUT2D eigenvalue weighted by Crippen LogP contribution is -2.33. The van der Waals surface area contributed by atoms with E-state index in [0.29, 0.717) is 6.54 Å². The van der Waals surface area contributed by atoms with Crippen molar-refractivity contribution in [1.82, 2.24) is 0 Å². The van der Waals surface area contributed by atoms with E-state index in [0.717, 1.165) is 12.0 Å². The summed E-state index contributed by atoms with van der Waals surface area (Å²) in [6.07, 6.45) is 0.794. The summed E-state index contributed by atoms with van der Waals surface area (Å²) in [6.45, 7) is 0.349. The zero-order chi connectivity index (χ0) is 10.2. The SMILES string of the molecule is NC[C@@]1(C(N)=O)CC1c1ccccc1. The predicted octanol–water partition coefficient (Wildman–Crippen LogP) is 0.604. The minimum absolute atomic E-state index is 0.228. The second-order valence-corrected chi connectivity index (χ2v) is 3.89. The van der Waals surface area contributed by atoms with E-state index in [9.17, 15) is 4.79 Å². The fraction of sp³-hybridized carbons (Fsp3) is 0.364. The third-order valence-electron chi connectivity index (χ3n) is 3.13. The molecule has 2 atom stereocenters. The first kappa shape index (κ1) is 9.21. The second-order valence-electron chi connectivity index (χ2n) is 3.89. The molecule has 1 aliphatic carbocycles. The van der Waals surface area contributed by atoms with E-state index in [-0.39, 0.29) is 11.8 Å². The molecule has 1 saturated carbocycles. The summed E-state index contributed by atoms with van der Waals surface area (Å²) in [5, 5.41) is 0. The normalized spacial score (nSPS) is 29.9. The van der Waals surface area contributed by atoms with E-state index in [1.807, 2.05) is 30.3 Å². The topological polar surface area (TPSA) is 69.1 Å². The Balaban J connectivity index is 2.22. The van der Waals surface area contributed by atoms with Gasteiger partial charge in [0.15, 0.2) is 0 Å². The highest BCUT2D eigenvalue weighted by atomic mass is 16.1. The third kappa shape index (κ3) is 1.21. The van der Waals surface area contributed by atoms with Gasteiger partial charge in [0.2, 0.25) is 5.91 Å². The van der Waals surface area contributed by atoms with E-state index in [1.165, 1.54) is 0 Å². The van der Waals surface area contributed by atoms with Crippen LogP contribution in [0.5, 0.6) is 0 Å². The molecule has 1 aromatic carbocycles. The molecule has 0 radical (unpaired) electrons. The lowest BCUT2D eigenvalue weighted by Gasteiger charge is -2.09. The Morgan fingerprint density at radius 3 is 2.50 bits per heavy atom. The fourth-order valence-corrected chi connectivity index (χ4v) is 2.03. The van der Waals surface area contributed by atoms with Crippen LogP contribution in [0.15, 0.2) is 30.3 Å². The van der Waals surface area contributed by atoms with Crippen molar-refractivity contribution in [3.63, 3.8) is 0 Å². The molecule has 2 rings (SSSR count). The molecule has 0 aliphatic heterocycles. The molecular weight excluding hydrogens is 176 g/mol. The highest BCUT2D eigenvalue weighted by molar-refractivity contribution is 5.86. The van der Waals surface area contributed by atoms with Crippen molar-refractivity contribution in [1.29, 1.82) is 0 Å². The molecule has 1 fully saturated rings. The highest BCUT2D eigenvalue weighted by Gasteiger charge is 2.58. The summed E-state index contributed by atoms with van der Waals surface area (Å²) in [6, 6.07) is 9.93. The van der Waals surface area contributed by atoms with Crippen molar-refractivity contribution >= 4 is 5.91 Å². The van der Waals surface area contributed by atoms with Crippen LogP contribution >= 0.6 is 0 Å². The summed E-state index contributed by atoms with van der Waals surface area (Å²) in [7, 11) is 0. The lowest BCUT2D eigenvalue weighted by atomic mass is 9.99. The van der Waals surface area contributed by atoms with Gasteiger partial charge in [-0.2, -0.15) is 0 Å². The van der Waals surface area contributed by atoms with Crippen LogP contribution < -0.4 is 11.5 Å². The van der Waals surface area contributed by atoms with Crippen LogP contribution in [0, 0.1) is 5.41 Å². The van der Waals surface area contributed by atoms with Crippen LogP contribution in [0.4, 0.5) is 0 Å². The monoisotopic (exact) mass is 190 g/mol. The summed E-state index contributed by atoms with van der Waals surface area (Å²) >= 11 is 0. The quantitative estimate of drug-likeness (QED) is 0.733. The standard InChI is InChI=1S/C11H14N2O/c12-7-11(10(13)14)6-9(11)8-4-2-1-3-5-8/h1-5,9H,6-7,12H2,(H2,13,14)/t9?,11-/m0/s1. The molecule has 14 heavy (non-hydrogen) atoms. The largest absolute Gasteiger partial charge is 0.369 e. The van der Waals surface area contributed by atoms with Gasteiger partial charge in [-0.25, -0.2) is 0 Å². The molecule has 0 bridgehead atoms. The number of amides is 1. The molecule has 0 saturated heterocycles. The van der Waals surface area contributed by atoms with Crippen molar-refractivity contribution in [2.24, 2.45) is 16.9 Å². The Kier molecular flexibility index (Phi) is 2.04. The van der Waals surface area contributed by atoms with E-state index < -0.39 is 5.41 Å². The van der Waals surface area contributed by atoms with Gasteiger partial charge < -0.3 is 11.5 Å². The average Bonchev–Trinajstić information content (AvgIpc) is 2.95. The summed E-state index contributed by atoms with van der Waals surface area (Å²) < 4.78 is 0. The number of hydrogen-bond donors (Lipinski definition) is 2. The van der Waals surface area contributed by atoms with Crippen molar-refractivity contribution in [3.05, 3.63) is 35.9 Å². The average molecular weight is 190 g/mol. The number of carbonyl (C=O) groups is 1. The summed E-state index contributed by atoms with van der Waals surface area (Å²) in [4.78, 5) is 11.2. The molecule has 0 heterocycles. The van der Waals surface area contributed by atoms with Gasteiger partial charge in [0.05, 0.1) is 5.41 Å². The first-order chi connectivity index (χ1) is 6.70. The van der Waals surface area contributed by atoms with Crippen molar-refractivity contribution in [2.75, 3.05) is 6.54 Å². The Bertz CT molecular complexity index is 350. The lowest BCUT2D eigenvalue weighted by molar-refractivity contribution is -0.122. The van der Waals surface area contributed by atoms with Gasteiger partial charge >= 0.3 is 0 Å². The van der Waals surface area contributed by atoms with Crippen LogP contribution in [0.3, 0.4) is 0 Å². The molecule has 74 valence electrons. The maximum Gasteiger partial charge on any atom is 0.225 e. The number of primary amides is 1. The minimum Gasteiger partial charge on any atom is -0.369 e. The molecule has 1 aliphatic rings. The predicted molar refractivity (Wildman–Crippen MR) is 54.5 cm³/mol. The van der Waals surface area contributed by atoms with E-state index >= 15 is 0 Å². The van der Waals surface area contributed by atoms with E-state index in [2.05, 4.69) is 0 Å². The third-order valence-corrected chi connectivity index (χ3v) is 3.13. The number of rotatable bonds is 3. The molecule has 3 heteroatoms. The minimum atomic E-state index is -0.471. The van der Waals surface area contributed by atoms with Crippen molar-refractivity contribution in [2.45, 2.75) is 12.3 Å². The molecule has 1 amide bonds. The highest BCUT2D eigenvalue weighted by Crippen LogP contribution is 2.58. The Morgan fingerprint density at radius 2 is 2.07 bits per heavy atom. The van der Waals surface area contributed by atoms with Crippen LogP contribution in [-0.4, -0.2) is 12.5 Å². The molecular formula is C11H14N2O. The fourth-order valence-electron chi connectivity index (χ4n) is 2.03. The van der Waals surface area contributed by atoms with Crippen LogP contribution in [-0.2, 0) is 4.79 Å². The molecule has 4 N–H and O–H groups in total. The van der Waals surface area contributed by atoms with Crippen molar-refractivity contribution < 1.29 is 4.79 Å². The molecule has 0 spiro atoms. The number of nitrogens with two attached hydrogens (primary N) is 2. The number of hydrogen-bond acceptors (Lipinski definition) is 2. The second kappa shape index (κ2) is 3.10. The number of carbonyl (C=O) groups excluding carboxylic acids is 1. The number of benzene rings is 1. The molecule has 0 aromatic heterocycles. The van der Waals surface area contributed by atoms with Gasteiger partial charge in [-0.15, -0.1) is 0 Å². The van der Waals surface area contributed by atoms with Crippen LogP contribution in [0.2, 0.25) is 0 Å². The molecule has 1 unspecified atom stereocenters. The Morgan fingerprint density at radius 1 is 1.43 bits per heavy atom. The maximum atomic E-state index is 11.2. The Hall–Kier alpha value is -1.35. The first-order valence-corrected chi connectivity index (χ1v) is 4.75. The van der Waals surface area contributed by atoms with Gasteiger partial charge in [-0.05, 0) is 12.0 Å². The van der Waals surface area contributed by atoms with Gasteiger partial charge in [0.25, 0.3) is 0 Å². The molecule has 1 aromatic rings. The summed E-state index contributed by atoms with van der Waals surface area (Å²) in [5.41, 5.74) is 11.6. The van der Waals surface area contributed by atoms with Gasteiger partial charge in [-0.3, -0.25) is 4.79 Å². The van der Waals surface area contributed by atoms with E-state index in [4.69, 9.17) is 11.5 Å². The zero-order valence-electron chi connectivity index (χ0n) is 7.94. The van der Waals surface area contributed by atoms with E-state index in [1.54, 1.807) is 0 Å². The van der Waals surface area contributed by atoms with Gasteiger partial charge in [0, 0.05) is 12.5 Å². The smallest absolute Gasteiger partial charge is 0.225 e. The maximum absolute atomic E-state index is 11.2. The van der Waals surface area contributed by atoms with Gasteiger partial charge in [0.1, 0.15) is 0 Å². The van der Waals surface area contributed by atoms with Crippen LogP contribution in [0.1, 0.15) is 17.9 Å². The van der Waals surface area contributed by atoms with Crippen LogP contribution in [0.25, 0.3) is 0 Å². The zero-order valence-corrected chi connectivity index (χ0v) is 7.94. The molecule has 3 nitrogen and oxygen atoms in total.